The minimum absolute atomic E-state index is 0.00607. The number of halogens is 3. The average molecular weight is 299 g/mol. The van der Waals surface area contributed by atoms with E-state index in [0.717, 1.165) is 11.1 Å². The van der Waals surface area contributed by atoms with E-state index in [0.29, 0.717) is 17.0 Å². The lowest BCUT2D eigenvalue weighted by Crippen LogP contribution is -2.03. The fraction of sp³-hybridized carbons (Fsp3) is 0.200. The Morgan fingerprint density at radius 1 is 1.11 bits per heavy atom. The van der Waals surface area contributed by atoms with Crippen LogP contribution >= 0.6 is 23.2 Å². The average Bonchev–Trinajstić information content (AvgIpc) is 2.36. The van der Waals surface area contributed by atoms with Crippen molar-refractivity contribution in [3.8, 4) is 0 Å². The van der Waals surface area contributed by atoms with Gasteiger partial charge in [-0.15, -0.1) is 0 Å². The Morgan fingerprint density at radius 3 is 2.47 bits per heavy atom. The highest BCUT2D eigenvalue weighted by Gasteiger charge is 2.12. The molecule has 0 aliphatic carbocycles. The van der Waals surface area contributed by atoms with E-state index < -0.39 is 11.9 Å². The predicted molar refractivity (Wildman–Crippen MR) is 76.3 cm³/mol. The third-order valence-corrected chi connectivity index (χ3v) is 3.59. The first-order chi connectivity index (χ1) is 8.97. The molecule has 0 spiro atoms. The normalized spacial score (nSPS) is 12.5. The van der Waals surface area contributed by atoms with Crippen molar-refractivity contribution in [1.82, 2.24) is 0 Å². The number of aliphatic hydroxyl groups excluding tert-OH is 1. The van der Waals surface area contributed by atoms with Gasteiger partial charge in [-0.3, -0.25) is 0 Å². The molecule has 0 saturated heterocycles. The predicted octanol–water partition coefficient (Wildman–Crippen LogP) is 4.72. The summed E-state index contributed by atoms with van der Waals surface area (Å²) in [7, 11) is 0. The van der Waals surface area contributed by atoms with Gasteiger partial charge in [-0.25, -0.2) is 4.39 Å². The molecular formula is C15H13Cl2FO. The second-order valence-corrected chi connectivity index (χ2v) is 5.30. The summed E-state index contributed by atoms with van der Waals surface area (Å²) in [6.45, 7) is 1.95. The smallest absolute Gasteiger partial charge is 0.141 e. The van der Waals surface area contributed by atoms with Crippen molar-refractivity contribution in [3.63, 3.8) is 0 Å². The summed E-state index contributed by atoms with van der Waals surface area (Å²) >= 11 is 11.8. The lowest BCUT2D eigenvalue weighted by molar-refractivity contribution is 0.178. The Balaban J connectivity index is 2.20. The van der Waals surface area contributed by atoms with E-state index in [4.69, 9.17) is 23.2 Å². The Bertz CT molecular complexity index is 599. The van der Waals surface area contributed by atoms with Gasteiger partial charge in [0, 0.05) is 11.4 Å². The second-order valence-electron chi connectivity index (χ2n) is 4.49. The zero-order valence-electron chi connectivity index (χ0n) is 10.3. The van der Waals surface area contributed by atoms with E-state index in [2.05, 4.69) is 0 Å². The molecule has 100 valence electrons. The van der Waals surface area contributed by atoms with Crippen LogP contribution in [0.1, 0.15) is 22.8 Å². The van der Waals surface area contributed by atoms with Gasteiger partial charge in [0.25, 0.3) is 0 Å². The molecule has 1 nitrogen and oxygen atoms in total. The van der Waals surface area contributed by atoms with E-state index in [1.54, 1.807) is 0 Å². The second kappa shape index (κ2) is 5.91. The van der Waals surface area contributed by atoms with Crippen LogP contribution in [0.2, 0.25) is 10.0 Å². The Kier molecular flexibility index (Phi) is 4.46. The fourth-order valence-electron chi connectivity index (χ4n) is 1.86. The molecule has 0 amide bonds. The van der Waals surface area contributed by atoms with E-state index in [-0.39, 0.29) is 5.02 Å². The summed E-state index contributed by atoms with van der Waals surface area (Å²) in [6.07, 6.45) is -0.403. The molecule has 0 bridgehead atoms. The molecule has 1 atom stereocenters. The van der Waals surface area contributed by atoms with Crippen LogP contribution in [0.25, 0.3) is 0 Å². The lowest BCUT2D eigenvalue weighted by atomic mass is 10.0. The monoisotopic (exact) mass is 298 g/mol. The molecule has 0 heterocycles. The van der Waals surface area contributed by atoms with Crippen molar-refractivity contribution in [2.45, 2.75) is 19.4 Å². The van der Waals surface area contributed by atoms with Gasteiger partial charge in [0.05, 0.1) is 11.1 Å². The number of benzene rings is 2. The SMILES string of the molecule is Cc1ccc(CC(O)c2ccc(F)c(Cl)c2)c(Cl)c1. The number of aryl methyl sites for hydroxylation is 1. The molecular weight excluding hydrogens is 286 g/mol. The van der Waals surface area contributed by atoms with Gasteiger partial charge in [-0.1, -0.05) is 41.4 Å². The summed E-state index contributed by atoms with van der Waals surface area (Å²) in [5.41, 5.74) is 2.48. The molecule has 1 N–H and O–H groups in total. The van der Waals surface area contributed by atoms with Crippen molar-refractivity contribution < 1.29 is 9.50 Å². The van der Waals surface area contributed by atoms with Gasteiger partial charge in [0.2, 0.25) is 0 Å². The zero-order valence-corrected chi connectivity index (χ0v) is 11.8. The standard InChI is InChI=1S/C15H13Cl2FO/c1-9-2-3-10(12(16)6-9)8-15(19)11-4-5-14(18)13(17)7-11/h2-7,15,19H,8H2,1H3. The van der Waals surface area contributed by atoms with Crippen LogP contribution in [0.5, 0.6) is 0 Å². The van der Waals surface area contributed by atoms with Crippen molar-refractivity contribution in [3.05, 3.63) is 69.0 Å². The van der Waals surface area contributed by atoms with E-state index >= 15 is 0 Å². The first-order valence-electron chi connectivity index (χ1n) is 5.85. The van der Waals surface area contributed by atoms with E-state index in [1.165, 1.54) is 18.2 Å². The highest BCUT2D eigenvalue weighted by atomic mass is 35.5. The molecule has 0 aromatic heterocycles. The highest BCUT2D eigenvalue weighted by molar-refractivity contribution is 6.31. The Hall–Kier alpha value is -1.09. The molecule has 2 aromatic rings. The summed E-state index contributed by atoms with van der Waals surface area (Å²) in [6, 6.07) is 9.87. The largest absolute Gasteiger partial charge is 0.388 e. The van der Waals surface area contributed by atoms with Gasteiger partial charge in [0.1, 0.15) is 5.82 Å². The van der Waals surface area contributed by atoms with Gasteiger partial charge in [0.15, 0.2) is 0 Å². The minimum atomic E-state index is -0.765. The lowest BCUT2D eigenvalue weighted by Gasteiger charge is -2.13. The summed E-state index contributed by atoms with van der Waals surface area (Å²) in [5, 5.41) is 10.8. The first kappa shape index (κ1) is 14.3. The van der Waals surface area contributed by atoms with Crippen molar-refractivity contribution >= 4 is 23.2 Å². The Labute approximate surface area is 121 Å². The molecule has 0 saturated carbocycles. The Morgan fingerprint density at radius 2 is 1.84 bits per heavy atom. The molecule has 2 aromatic carbocycles. The quantitative estimate of drug-likeness (QED) is 0.869. The van der Waals surface area contributed by atoms with Crippen LogP contribution in [0.4, 0.5) is 4.39 Å². The van der Waals surface area contributed by atoms with Crippen LogP contribution < -0.4 is 0 Å². The minimum Gasteiger partial charge on any atom is -0.388 e. The topological polar surface area (TPSA) is 20.2 Å². The van der Waals surface area contributed by atoms with Crippen LogP contribution in [0, 0.1) is 12.7 Å². The zero-order chi connectivity index (χ0) is 14.0. The molecule has 2 rings (SSSR count). The summed E-state index contributed by atoms with van der Waals surface area (Å²) in [5.74, 6) is -0.494. The molecule has 0 radical (unpaired) electrons. The number of hydrogen-bond donors (Lipinski definition) is 1. The maximum absolute atomic E-state index is 13.1. The van der Waals surface area contributed by atoms with Gasteiger partial charge in [-0.05, 0) is 41.8 Å². The molecule has 4 heteroatoms. The number of aliphatic hydroxyl groups is 1. The van der Waals surface area contributed by atoms with Crippen LogP contribution in [-0.2, 0) is 6.42 Å². The molecule has 0 fully saturated rings. The van der Waals surface area contributed by atoms with Gasteiger partial charge >= 0.3 is 0 Å². The summed E-state index contributed by atoms with van der Waals surface area (Å²) in [4.78, 5) is 0. The van der Waals surface area contributed by atoms with E-state index in [1.807, 2.05) is 25.1 Å². The van der Waals surface area contributed by atoms with Crippen LogP contribution in [0.15, 0.2) is 36.4 Å². The molecule has 19 heavy (non-hydrogen) atoms. The van der Waals surface area contributed by atoms with E-state index in [9.17, 15) is 9.50 Å². The first-order valence-corrected chi connectivity index (χ1v) is 6.61. The third-order valence-electron chi connectivity index (χ3n) is 2.95. The van der Waals surface area contributed by atoms with Gasteiger partial charge < -0.3 is 5.11 Å². The van der Waals surface area contributed by atoms with Crippen molar-refractivity contribution in [1.29, 1.82) is 0 Å². The van der Waals surface area contributed by atoms with Gasteiger partial charge in [-0.2, -0.15) is 0 Å². The summed E-state index contributed by atoms with van der Waals surface area (Å²) < 4.78 is 13.1. The molecule has 1 unspecified atom stereocenters. The maximum atomic E-state index is 13.1. The van der Waals surface area contributed by atoms with Crippen LogP contribution in [0.3, 0.4) is 0 Å². The number of hydrogen-bond acceptors (Lipinski definition) is 1. The molecule has 0 aliphatic heterocycles. The van der Waals surface area contributed by atoms with Crippen molar-refractivity contribution in [2.75, 3.05) is 0 Å². The van der Waals surface area contributed by atoms with Crippen molar-refractivity contribution in [2.24, 2.45) is 0 Å². The third kappa shape index (κ3) is 3.47. The highest BCUT2D eigenvalue weighted by Crippen LogP contribution is 2.26. The maximum Gasteiger partial charge on any atom is 0.141 e. The fourth-order valence-corrected chi connectivity index (χ4v) is 2.36. The van der Waals surface area contributed by atoms with Crippen LogP contribution in [-0.4, -0.2) is 5.11 Å². The molecule has 0 aliphatic rings. The number of rotatable bonds is 3.